The Morgan fingerprint density at radius 1 is 1.08 bits per heavy atom. The van der Waals surface area contributed by atoms with Crippen LogP contribution >= 0.6 is 35.0 Å². The fraction of sp³-hybridized carbons (Fsp3) is 0.111. The number of hydrogen-bond donors (Lipinski definition) is 2. The van der Waals surface area contributed by atoms with E-state index < -0.39 is 5.97 Å². The predicted molar refractivity (Wildman–Crippen MR) is 150 cm³/mol. The molecular weight excluding hydrogens is 545 g/mol. The van der Waals surface area contributed by atoms with Gasteiger partial charge < -0.3 is 14.8 Å². The Morgan fingerprint density at radius 3 is 2.55 bits per heavy atom. The maximum atomic E-state index is 12.6. The molecule has 5 rings (SSSR count). The molecule has 5 aromatic rings. The highest BCUT2D eigenvalue weighted by Gasteiger charge is 2.24. The van der Waals surface area contributed by atoms with Crippen molar-refractivity contribution in [1.29, 1.82) is 0 Å². The number of carbonyl (C=O) groups is 1. The lowest BCUT2D eigenvalue weighted by atomic mass is 10.2. The SMILES string of the molecule is COC(=O)/C(=C(/O)CSc1nnc(-c2ccc(Cl)cc2)n1-c1ccc(C)c(Cl)c1)c1nc2ccccc2[nH]1. The van der Waals surface area contributed by atoms with Crippen LogP contribution in [0.4, 0.5) is 0 Å². The Hall–Kier alpha value is -3.79. The number of nitrogens with zero attached hydrogens (tertiary/aromatic N) is 4. The zero-order valence-corrected chi connectivity index (χ0v) is 22.6. The topological polar surface area (TPSA) is 106 Å². The summed E-state index contributed by atoms with van der Waals surface area (Å²) in [4.78, 5) is 20.2. The molecule has 0 aliphatic carbocycles. The van der Waals surface area contributed by atoms with Crippen molar-refractivity contribution in [3.05, 3.63) is 93.9 Å². The van der Waals surface area contributed by atoms with Gasteiger partial charge in [0.25, 0.3) is 0 Å². The first kappa shape index (κ1) is 25.8. The maximum absolute atomic E-state index is 12.6. The Kier molecular flexibility index (Phi) is 7.42. The van der Waals surface area contributed by atoms with Gasteiger partial charge >= 0.3 is 5.97 Å². The Labute approximate surface area is 232 Å². The number of esters is 1. The van der Waals surface area contributed by atoms with E-state index in [0.29, 0.717) is 26.5 Å². The van der Waals surface area contributed by atoms with Crippen molar-refractivity contribution in [2.75, 3.05) is 12.9 Å². The summed E-state index contributed by atoms with van der Waals surface area (Å²) in [6.07, 6.45) is 0. The second-order valence-electron chi connectivity index (χ2n) is 8.29. The number of rotatable bonds is 7. The molecule has 0 unspecified atom stereocenters. The molecule has 0 aliphatic rings. The number of H-pyrrole nitrogens is 1. The molecular formula is C27H21Cl2N5O3S. The first-order valence-electron chi connectivity index (χ1n) is 11.4. The standard InChI is InChI=1S/C27H21Cl2N5O3S/c1-15-7-12-18(13-19(15)29)34-25(16-8-10-17(28)11-9-16)32-33-27(34)38-14-22(35)23(26(36)37-2)24-30-20-5-3-4-6-21(20)31-24/h3-13,35H,14H2,1-2H3,(H,30,31)/b23-22+. The average molecular weight is 566 g/mol. The number of fused-ring (bicyclic) bond motifs is 1. The van der Waals surface area contributed by atoms with Crippen molar-refractivity contribution < 1.29 is 14.6 Å². The van der Waals surface area contributed by atoms with E-state index in [4.69, 9.17) is 27.9 Å². The van der Waals surface area contributed by atoms with E-state index in [2.05, 4.69) is 20.2 Å². The second-order valence-corrected chi connectivity index (χ2v) is 10.1. The summed E-state index contributed by atoms with van der Waals surface area (Å²) < 4.78 is 6.78. The molecule has 0 aliphatic heterocycles. The summed E-state index contributed by atoms with van der Waals surface area (Å²) in [5.41, 5.74) is 3.80. The molecule has 0 saturated heterocycles. The van der Waals surface area contributed by atoms with Gasteiger partial charge in [0, 0.05) is 15.6 Å². The second kappa shape index (κ2) is 10.9. The van der Waals surface area contributed by atoms with Gasteiger partial charge in [-0.2, -0.15) is 0 Å². The van der Waals surface area contributed by atoms with Gasteiger partial charge in [0.2, 0.25) is 0 Å². The van der Waals surface area contributed by atoms with Crippen LogP contribution in [-0.4, -0.2) is 48.7 Å². The summed E-state index contributed by atoms with van der Waals surface area (Å²) in [6, 6.07) is 20.2. The molecule has 0 spiro atoms. The van der Waals surface area contributed by atoms with Gasteiger partial charge in [0.1, 0.15) is 17.2 Å². The predicted octanol–water partition coefficient (Wildman–Crippen LogP) is 6.66. The normalized spacial score (nSPS) is 12.0. The van der Waals surface area contributed by atoms with E-state index in [0.717, 1.165) is 22.3 Å². The van der Waals surface area contributed by atoms with Crippen LogP contribution in [0, 0.1) is 6.92 Å². The van der Waals surface area contributed by atoms with E-state index in [1.807, 2.05) is 66.1 Å². The van der Waals surface area contributed by atoms with Gasteiger partial charge in [-0.3, -0.25) is 4.57 Å². The number of hydrogen-bond acceptors (Lipinski definition) is 7. The Bertz CT molecular complexity index is 1650. The molecule has 0 fully saturated rings. The molecule has 2 N–H and O–H groups in total. The molecule has 38 heavy (non-hydrogen) atoms. The number of para-hydroxylation sites is 2. The number of aromatic nitrogens is 5. The third-order valence-electron chi connectivity index (χ3n) is 5.79. The largest absolute Gasteiger partial charge is 0.510 e. The number of aliphatic hydroxyl groups is 1. The lowest BCUT2D eigenvalue weighted by molar-refractivity contribution is -0.133. The molecule has 0 radical (unpaired) electrons. The number of aromatic amines is 1. The van der Waals surface area contributed by atoms with E-state index in [1.54, 1.807) is 12.1 Å². The van der Waals surface area contributed by atoms with Gasteiger partial charge in [0.05, 0.1) is 29.6 Å². The fourth-order valence-electron chi connectivity index (χ4n) is 3.83. The molecule has 192 valence electrons. The number of carbonyl (C=O) groups excluding carboxylic acids is 1. The number of imidazole rings is 1. The van der Waals surface area contributed by atoms with E-state index in [9.17, 15) is 9.90 Å². The molecule has 0 amide bonds. The maximum Gasteiger partial charge on any atom is 0.345 e. The van der Waals surface area contributed by atoms with Crippen LogP contribution in [0.5, 0.6) is 0 Å². The summed E-state index contributed by atoms with van der Waals surface area (Å²) >= 11 is 13.7. The number of methoxy groups -OCH3 is 1. The van der Waals surface area contributed by atoms with Crippen LogP contribution in [0.2, 0.25) is 10.0 Å². The molecule has 0 saturated carbocycles. The molecule has 8 nitrogen and oxygen atoms in total. The lowest BCUT2D eigenvalue weighted by Crippen LogP contribution is -2.10. The van der Waals surface area contributed by atoms with Gasteiger partial charge in [-0.15, -0.1) is 10.2 Å². The number of thioether (sulfide) groups is 1. The average Bonchev–Trinajstić information content (AvgIpc) is 3.54. The van der Waals surface area contributed by atoms with Crippen LogP contribution in [0.1, 0.15) is 11.4 Å². The van der Waals surface area contributed by atoms with Crippen molar-refractivity contribution in [3.63, 3.8) is 0 Å². The lowest BCUT2D eigenvalue weighted by Gasteiger charge is -2.12. The highest BCUT2D eigenvalue weighted by Crippen LogP contribution is 2.32. The van der Waals surface area contributed by atoms with Crippen molar-refractivity contribution in [2.45, 2.75) is 12.1 Å². The Morgan fingerprint density at radius 2 is 1.84 bits per heavy atom. The number of halogens is 2. The summed E-state index contributed by atoms with van der Waals surface area (Å²) in [7, 11) is 1.25. The van der Waals surface area contributed by atoms with Crippen LogP contribution in [0.25, 0.3) is 33.7 Å². The summed E-state index contributed by atoms with van der Waals surface area (Å²) in [5.74, 6) is -0.149. The summed E-state index contributed by atoms with van der Waals surface area (Å²) in [5, 5.41) is 21.5. The summed E-state index contributed by atoms with van der Waals surface area (Å²) in [6.45, 7) is 1.92. The minimum absolute atomic E-state index is 0.000175. The Balaban J connectivity index is 1.55. The van der Waals surface area contributed by atoms with Gasteiger partial charge in [-0.05, 0) is 61.0 Å². The molecule has 11 heteroatoms. The quantitative estimate of drug-likeness (QED) is 0.0982. The highest BCUT2D eigenvalue weighted by atomic mass is 35.5. The molecule has 0 bridgehead atoms. The van der Waals surface area contributed by atoms with Crippen molar-refractivity contribution in [2.24, 2.45) is 0 Å². The third kappa shape index (κ3) is 5.13. The smallest absolute Gasteiger partial charge is 0.345 e. The van der Waals surface area contributed by atoms with Crippen molar-refractivity contribution in [3.8, 4) is 17.1 Å². The monoisotopic (exact) mass is 565 g/mol. The highest BCUT2D eigenvalue weighted by molar-refractivity contribution is 7.99. The van der Waals surface area contributed by atoms with Crippen LogP contribution in [0.3, 0.4) is 0 Å². The molecule has 2 aromatic heterocycles. The van der Waals surface area contributed by atoms with Crippen LogP contribution < -0.4 is 0 Å². The number of benzene rings is 3. The van der Waals surface area contributed by atoms with Gasteiger partial charge in [-0.25, -0.2) is 9.78 Å². The zero-order valence-electron chi connectivity index (χ0n) is 20.3. The van der Waals surface area contributed by atoms with Gasteiger partial charge in [-0.1, -0.05) is 53.2 Å². The number of aryl methyl sites for hydroxylation is 1. The van der Waals surface area contributed by atoms with Gasteiger partial charge in [0.15, 0.2) is 11.0 Å². The fourth-order valence-corrected chi connectivity index (χ4v) is 4.96. The minimum Gasteiger partial charge on any atom is -0.510 e. The van der Waals surface area contributed by atoms with Crippen LogP contribution in [-0.2, 0) is 9.53 Å². The molecule has 2 heterocycles. The number of nitrogens with one attached hydrogen (secondary N) is 1. The number of aliphatic hydroxyl groups excluding tert-OH is 1. The first-order valence-corrected chi connectivity index (χ1v) is 13.2. The van der Waals surface area contributed by atoms with E-state index >= 15 is 0 Å². The number of ether oxygens (including phenoxy) is 1. The van der Waals surface area contributed by atoms with Crippen LogP contribution in [0.15, 0.2) is 77.6 Å². The zero-order chi connectivity index (χ0) is 26.8. The van der Waals surface area contributed by atoms with Crippen molar-refractivity contribution >= 4 is 57.5 Å². The van der Waals surface area contributed by atoms with E-state index in [1.165, 1.54) is 18.9 Å². The molecule has 3 aromatic carbocycles. The third-order valence-corrected chi connectivity index (χ3v) is 7.39. The van der Waals surface area contributed by atoms with E-state index in [-0.39, 0.29) is 22.9 Å². The first-order chi connectivity index (χ1) is 18.4. The minimum atomic E-state index is -0.712. The van der Waals surface area contributed by atoms with Crippen molar-refractivity contribution in [1.82, 2.24) is 24.7 Å². The molecule has 0 atom stereocenters.